The van der Waals surface area contributed by atoms with E-state index in [2.05, 4.69) is 42.3 Å². The molecular formula is C22H23Cl2N3O2S2. The van der Waals surface area contributed by atoms with E-state index in [9.17, 15) is 8.42 Å². The zero-order valence-corrected chi connectivity index (χ0v) is 20.5. The van der Waals surface area contributed by atoms with Crippen molar-refractivity contribution in [2.45, 2.75) is 25.2 Å². The van der Waals surface area contributed by atoms with Gasteiger partial charge < -0.3 is 4.90 Å². The van der Waals surface area contributed by atoms with Gasteiger partial charge in [-0.05, 0) is 48.7 Å². The first-order valence-electron chi connectivity index (χ1n) is 9.95. The van der Waals surface area contributed by atoms with Gasteiger partial charge in [0.15, 0.2) is 5.13 Å². The van der Waals surface area contributed by atoms with Gasteiger partial charge in [0.1, 0.15) is 4.90 Å². The second kappa shape index (κ2) is 9.08. The van der Waals surface area contributed by atoms with Crippen molar-refractivity contribution in [2.24, 2.45) is 0 Å². The molecule has 2 heterocycles. The number of anilines is 1. The molecule has 1 saturated heterocycles. The Kier molecular flexibility index (Phi) is 6.60. The standard InChI is InChI=1S/C22H23Cl2N3O2S2/c1-15-4-3-5-16(2)19(15)13-18-14-30-22(25-18)26-8-10-27(11-9-26)31(28,29)21-12-17(23)6-7-20(21)24/h3-7,12,14H,8-11,13H2,1-2H3. The molecule has 0 atom stereocenters. The number of hydrogen-bond donors (Lipinski definition) is 0. The van der Waals surface area contributed by atoms with E-state index in [0.29, 0.717) is 31.2 Å². The second-order valence-electron chi connectivity index (χ2n) is 7.63. The number of aromatic nitrogens is 1. The minimum absolute atomic E-state index is 0.0558. The van der Waals surface area contributed by atoms with Gasteiger partial charge in [0.2, 0.25) is 10.0 Å². The highest BCUT2D eigenvalue weighted by molar-refractivity contribution is 7.89. The van der Waals surface area contributed by atoms with Gasteiger partial charge in [0, 0.05) is 43.0 Å². The van der Waals surface area contributed by atoms with Crippen LogP contribution in [0.5, 0.6) is 0 Å². The minimum atomic E-state index is -3.69. The summed E-state index contributed by atoms with van der Waals surface area (Å²) in [6.07, 6.45) is 0.802. The Balaban J connectivity index is 1.44. The third-order valence-electron chi connectivity index (χ3n) is 5.56. The Bertz CT molecular complexity index is 1180. The number of nitrogens with zero attached hydrogens (tertiary/aromatic N) is 3. The Labute approximate surface area is 197 Å². The largest absolute Gasteiger partial charge is 0.345 e. The van der Waals surface area contributed by atoms with Crippen molar-refractivity contribution in [3.05, 3.63) is 74.2 Å². The molecule has 1 aromatic heterocycles. The summed E-state index contributed by atoms with van der Waals surface area (Å²) in [4.78, 5) is 7.02. The molecule has 164 valence electrons. The van der Waals surface area contributed by atoms with E-state index in [1.165, 1.54) is 33.1 Å². The van der Waals surface area contributed by atoms with E-state index in [1.807, 2.05) is 0 Å². The van der Waals surface area contributed by atoms with Crippen LogP contribution in [-0.4, -0.2) is 43.9 Å². The van der Waals surface area contributed by atoms with Crippen molar-refractivity contribution in [3.8, 4) is 0 Å². The fourth-order valence-electron chi connectivity index (χ4n) is 3.77. The fourth-order valence-corrected chi connectivity index (χ4v) is 6.80. The fraction of sp³-hybridized carbons (Fsp3) is 0.318. The molecule has 4 rings (SSSR count). The number of rotatable bonds is 5. The van der Waals surface area contributed by atoms with Gasteiger partial charge in [-0.1, -0.05) is 41.4 Å². The zero-order valence-electron chi connectivity index (χ0n) is 17.3. The molecule has 9 heteroatoms. The highest BCUT2D eigenvalue weighted by Gasteiger charge is 2.31. The minimum Gasteiger partial charge on any atom is -0.345 e. The summed E-state index contributed by atoms with van der Waals surface area (Å²) in [5, 5.41) is 3.55. The Morgan fingerprint density at radius 3 is 2.39 bits per heavy atom. The second-order valence-corrected chi connectivity index (χ2v) is 11.2. The molecule has 1 fully saturated rings. The molecule has 0 N–H and O–H groups in total. The first-order valence-corrected chi connectivity index (χ1v) is 13.0. The molecule has 0 bridgehead atoms. The van der Waals surface area contributed by atoms with Crippen LogP contribution in [0.25, 0.3) is 0 Å². The maximum Gasteiger partial charge on any atom is 0.244 e. The zero-order chi connectivity index (χ0) is 22.2. The van der Waals surface area contributed by atoms with Gasteiger partial charge in [-0.3, -0.25) is 0 Å². The van der Waals surface area contributed by atoms with Gasteiger partial charge in [-0.25, -0.2) is 13.4 Å². The predicted octanol–water partition coefficient (Wildman–Crippen LogP) is 5.17. The van der Waals surface area contributed by atoms with Crippen LogP contribution in [0.4, 0.5) is 5.13 Å². The number of sulfonamides is 1. The molecule has 2 aromatic carbocycles. The van der Waals surface area contributed by atoms with E-state index in [4.69, 9.17) is 28.2 Å². The monoisotopic (exact) mass is 495 g/mol. The van der Waals surface area contributed by atoms with Crippen molar-refractivity contribution in [1.82, 2.24) is 9.29 Å². The Hall–Kier alpha value is -1.64. The van der Waals surface area contributed by atoms with Crippen molar-refractivity contribution in [1.29, 1.82) is 0 Å². The van der Waals surface area contributed by atoms with Crippen molar-refractivity contribution >= 4 is 49.7 Å². The molecular weight excluding hydrogens is 473 g/mol. The van der Waals surface area contributed by atoms with Crippen molar-refractivity contribution in [3.63, 3.8) is 0 Å². The predicted molar refractivity (Wildman–Crippen MR) is 128 cm³/mol. The van der Waals surface area contributed by atoms with Gasteiger partial charge >= 0.3 is 0 Å². The average molecular weight is 496 g/mol. The van der Waals surface area contributed by atoms with Crippen LogP contribution in [0.3, 0.4) is 0 Å². The molecule has 0 unspecified atom stereocenters. The van der Waals surface area contributed by atoms with E-state index >= 15 is 0 Å². The number of aryl methyl sites for hydroxylation is 2. The molecule has 0 saturated carbocycles. The average Bonchev–Trinajstić information content (AvgIpc) is 3.21. The molecule has 0 radical (unpaired) electrons. The summed E-state index contributed by atoms with van der Waals surface area (Å²) in [7, 11) is -3.69. The molecule has 0 spiro atoms. The van der Waals surface area contributed by atoms with E-state index < -0.39 is 10.0 Å². The lowest BCUT2D eigenvalue weighted by molar-refractivity contribution is 0.384. The summed E-state index contributed by atoms with van der Waals surface area (Å²) in [5.41, 5.74) is 4.90. The first kappa shape index (κ1) is 22.6. The number of thiazole rings is 1. The summed E-state index contributed by atoms with van der Waals surface area (Å²) in [6, 6.07) is 10.8. The lowest BCUT2D eigenvalue weighted by Crippen LogP contribution is -2.48. The van der Waals surface area contributed by atoms with E-state index in [0.717, 1.165) is 17.2 Å². The number of hydrogen-bond acceptors (Lipinski definition) is 5. The van der Waals surface area contributed by atoms with Crippen LogP contribution in [0.1, 0.15) is 22.4 Å². The molecule has 0 aliphatic carbocycles. The van der Waals surface area contributed by atoms with Gasteiger partial charge in [-0.15, -0.1) is 11.3 Å². The maximum atomic E-state index is 13.0. The summed E-state index contributed by atoms with van der Waals surface area (Å²) < 4.78 is 27.5. The SMILES string of the molecule is Cc1cccc(C)c1Cc1csc(N2CCN(S(=O)(=O)c3cc(Cl)ccc3Cl)CC2)n1. The quantitative estimate of drug-likeness (QED) is 0.489. The molecule has 1 aliphatic rings. The van der Waals surface area contributed by atoms with Crippen molar-refractivity contribution in [2.75, 3.05) is 31.1 Å². The number of benzene rings is 2. The van der Waals surface area contributed by atoms with Crippen LogP contribution < -0.4 is 4.90 Å². The lowest BCUT2D eigenvalue weighted by atomic mass is 9.99. The highest BCUT2D eigenvalue weighted by atomic mass is 35.5. The topological polar surface area (TPSA) is 53.5 Å². The molecule has 3 aromatic rings. The van der Waals surface area contributed by atoms with Crippen LogP contribution >= 0.6 is 34.5 Å². The lowest BCUT2D eigenvalue weighted by Gasteiger charge is -2.34. The van der Waals surface area contributed by atoms with Gasteiger partial charge in [0.05, 0.1) is 10.7 Å². The van der Waals surface area contributed by atoms with Gasteiger partial charge in [0.25, 0.3) is 0 Å². The summed E-state index contributed by atoms with van der Waals surface area (Å²) in [6.45, 7) is 6.15. The molecule has 1 aliphatic heterocycles. The smallest absolute Gasteiger partial charge is 0.244 e. The normalized spacial score (nSPS) is 15.4. The first-order chi connectivity index (χ1) is 14.8. The summed E-state index contributed by atoms with van der Waals surface area (Å²) in [5.74, 6) is 0. The van der Waals surface area contributed by atoms with Crippen LogP contribution in [-0.2, 0) is 16.4 Å². The van der Waals surface area contributed by atoms with Crippen LogP contribution in [0.15, 0.2) is 46.7 Å². The van der Waals surface area contributed by atoms with Crippen LogP contribution in [0.2, 0.25) is 10.0 Å². The molecule has 5 nitrogen and oxygen atoms in total. The van der Waals surface area contributed by atoms with E-state index in [-0.39, 0.29) is 9.92 Å². The van der Waals surface area contributed by atoms with Gasteiger partial charge in [-0.2, -0.15) is 4.31 Å². The Morgan fingerprint density at radius 1 is 1.03 bits per heavy atom. The number of halogens is 2. The van der Waals surface area contributed by atoms with E-state index in [1.54, 1.807) is 17.4 Å². The summed E-state index contributed by atoms with van der Waals surface area (Å²) >= 11 is 13.7. The van der Waals surface area contributed by atoms with Crippen molar-refractivity contribution < 1.29 is 8.42 Å². The maximum absolute atomic E-state index is 13.0. The molecule has 31 heavy (non-hydrogen) atoms. The Morgan fingerprint density at radius 2 is 1.71 bits per heavy atom. The number of piperazine rings is 1. The highest BCUT2D eigenvalue weighted by Crippen LogP contribution is 2.30. The van der Waals surface area contributed by atoms with Crippen LogP contribution in [0, 0.1) is 13.8 Å². The third-order valence-corrected chi connectivity index (χ3v) is 9.13. The molecule has 0 amide bonds. The third kappa shape index (κ3) is 4.76.